The van der Waals surface area contributed by atoms with Gasteiger partial charge < -0.3 is 9.30 Å². The summed E-state index contributed by atoms with van der Waals surface area (Å²) in [4.78, 5) is 13.3. The van der Waals surface area contributed by atoms with Crippen molar-refractivity contribution in [2.45, 2.75) is 30.5 Å². The lowest BCUT2D eigenvalue weighted by Crippen LogP contribution is -2.12. The zero-order valence-corrected chi connectivity index (χ0v) is 12.8. The molecule has 0 amide bonds. The topological polar surface area (TPSA) is 31.2 Å². The summed E-state index contributed by atoms with van der Waals surface area (Å²) in [6.07, 6.45) is 4.65. The van der Waals surface area contributed by atoms with Crippen LogP contribution in [0.4, 0.5) is 0 Å². The molecule has 1 fully saturated rings. The number of rotatable bonds is 5. The van der Waals surface area contributed by atoms with E-state index in [1.54, 1.807) is 23.1 Å². The molecule has 3 rings (SSSR count). The van der Waals surface area contributed by atoms with Gasteiger partial charge in [-0.15, -0.1) is 23.1 Å². The zero-order chi connectivity index (χ0) is 13.4. The number of carbonyl (C=O) groups is 1. The van der Waals surface area contributed by atoms with Crippen molar-refractivity contribution in [2.24, 2.45) is 5.92 Å². The van der Waals surface area contributed by atoms with E-state index in [-0.39, 0.29) is 5.97 Å². The van der Waals surface area contributed by atoms with E-state index in [9.17, 15) is 4.79 Å². The molecule has 19 heavy (non-hydrogen) atoms. The molecule has 0 aromatic carbocycles. The van der Waals surface area contributed by atoms with Crippen LogP contribution >= 0.6 is 23.1 Å². The summed E-state index contributed by atoms with van der Waals surface area (Å²) >= 11 is 3.52. The third kappa shape index (κ3) is 2.54. The highest BCUT2D eigenvalue weighted by Crippen LogP contribution is 2.38. The first-order chi connectivity index (χ1) is 9.22. The van der Waals surface area contributed by atoms with Crippen LogP contribution in [0.1, 0.15) is 30.3 Å². The van der Waals surface area contributed by atoms with Crippen LogP contribution < -0.4 is 0 Å². The lowest BCUT2D eigenvalue weighted by Gasteiger charge is -2.08. The largest absolute Gasteiger partial charge is 0.461 e. The zero-order valence-electron chi connectivity index (χ0n) is 11.1. The monoisotopic (exact) mass is 295 g/mol. The summed E-state index contributed by atoms with van der Waals surface area (Å²) < 4.78 is 8.62. The van der Waals surface area contributed by atoms with E-state index in [1.807, 2.05) is 13.0 Å². The van der Waals surface area contributed by atoms with Crippen LogP contribution in [0.2, 0.25) is 0 Å². The molecular formula is C14H17NO2S2. The molecule has 102 valence electrons. The number of thiophene rings is 1. The number of nitrogens with zero attached hydrogens (tertiary/aromatic N) is 1. The van der Waals surface area contributed by atoms with Gasteiger partial charge in [0.05, 0.1) is 10.8 Å². The number of aromatic nitrogens is 1. The Bertz CT molecular complexity index is 610. The van der Waals surface area contributed by atoms with Gasteiger partial charge in [0.25, 0.3) is 0 Å². The molecule has 0 N–H and O–H groups in total. The lowest BCUT2D eigenvalue weighted by atomic mass is 10.3. The van der Waals surface area contributed by atoms with Crippen molar-refractivity contribution >= 4 is 39.3 Å². The molecule has 0 bridgehead atoms. The van der Waals surface area contributed by atoms with Crippen LogP contribution in [0.25, 0.3) is 10.2 Å². The molecule has 2 heterocycles. The Balaban J connectivity index is 2.03. The second-order valence-corrected chi connectivity index (χ2v) is 6.97. The van der Waals surface area contributed by atoms with E-state index in [4.69, 9.17) is 4.74 Å². The van der Waals surface area contributed by atoms with Gasteiger partial charge in [0.1, 0.15) is 10.5 Å². The van der Waals surface area contributed by atoms with Gasteiger partial charge in [0, 0.05) is 11.9 Å². The number of carbonyl (C=O) groups excluding carboxylic acids is 1. The van der Waals surface area contributed by atoms with Gasteiger partial charge in [-0.05, 0) is 44.1 Å². The van der Waals surface area contributed by atoms with Gasteiger partial charge >= 0.3 is 5.97 Å². The van der Waals surface area contributed by atoms with Crippen molar-refractivity contribution < 1.29 is 9.53 Å². The Labute approximate surface area is 120 Å². The lowest BCUT2D eigenvalue weighted by molar-refractivity contribution is 0.0514. The maximum Gasteiger partial charge on any atom is 0.354 e. The van der Waals surface area contributed by atoms with Gasteiger partial charge in [-0.2, -0.15) is 0 Å². The van der Waals surface area contributed by atoms with Crippen molar-refractivity contribution in [3.05, 3.63) is 17.8 Å². The summed E-state index contributed by atoms with van der Waals surface area (Å²) in [5, 5.41) is 1.16. The van der Waals surface area contributed by atoms with Gasteiger partial charge in [0.2, 0.25) is 0 Å². The highest BCUT2D eigenvalue weighted by molar-refractivity contribution is 8.00. The molecule has 0 atom stereocenters. The van der Waals surface area contributed by atoms with Gasteiger partial charge in [-0.1, -0.05) is 0 Å². The molecule has 5 heteroatoms. The van der Waals surface area contributed by atoms with Crippen molar-refractivity contribution in [1.29, 1.82) is 0 Å². The van der Waals surface area contributed by atoms with E-state index in [1.165, 1.54) is 21.9 Å². The van der Waals surface area contributed by atoms with Crippen molar-refractivity contribution in [2.75, 3.05) is 12.9 Å². The highest BCUT2D eigenvalue weighted by atomic mass is 32.2. The van der Waals surface area contributed by atoms with Crippen molar-refractivity contribution in [1.82, 2.24) is 4.57 Å². The molecule has 0 unspecified atom stereocenters. The van der Waals surface area contributed by atoms with E-state index < -0.39 is 0 Å². The number of hydrogen-bond donors (Lipinski definition) is 0. The molecule has 2 aromatic heterocycles. The Hall–Kier alpha value is -0.940. The third-order valence-electron chi connectivity index (χ3n) is 3.37. The summed E-state index contributed by atoms with van der Waals surface area (Å²) in [5.74, 6) is 0.542. The summed E-state index contributed by atoms with van der Waals surface area (Å²) in [5.41, 5.74) is 0.711. The molecule has 1 aliphatic carbocycles. The Morgan fingerprint density at radius 1 is 1.53 bits per heavy atom. The Morgan fingerprint density at radius 2 is 2.32 bits per heavy atom. The smallest absolute Gasteiger partial charge is 0.354 e. The van der Waals surface area contributed by atoms with Crippen LogP contribution in [0, 0.1) is 5.92 Å². The predicted octanol–water partition coefficient (Wildman–Crippen LogP) is 4.01. The first kappa shape index (κ1) is 13.1. The normalized spacial score (nSPS) is 15.1. The molecule has 1 saturated carbocycles. The molecule has 3 nitrogen and oxygen atoms in total. The van der Waals surface area contributed by atoms with Crippen molar-refractivity contribution in [3.8, 4) is 0 Å². The average Bonchev–Trinajstić information content (AvgIpc) is 3.02. The number of thioether (sulfide) groups is 1. The third-order valence-corrected chi connectivity index (χ3v) is 5.61. The van der Waals surface area contributed by atoms with Crippen molar-refractivity contribution in [3.63, 3.8) is 0 Å². The highest BCUT2D eigenvalue weighted by Gasteiger charge is 2.26. The maximum absolute atomic E-state index is 12.0. The quantitative estimate of drug-likeness (QED) is 0.617. The minimum absolute atomic E-state index is 0.197. The maximum atomic E-state index is 12.0. The van der Waals surface area contributed by atoms with E-state index >= 15 is 0 Å². The van der Waals surface area contributed by atoms with E-state index in [0.29, 0.717) is 12.3 Å². The first-order valence-corrected chi connectivity index (χ1v) is 8.61. The van der Waals surface area contributed by atoms with E-state index in [0.717, 1.165) is 17.8 Å². The number of fused-ring (bicyclic) bond motifs is 1. The van der Waals surface area contributed by atoms with Crippen LogP contribution in [-0.2, 0) is 11.3 Å². The number of esters is 1. The second-order valence-electron chi connectivity index (χ2n) is 4.83. The SMILES string of the molecule is CCOC(=O)c1cc2cc(SC)sc2n1CC1CC1. The fourth-order valence-corrected chi connectivity index (χ4v) is 3.95. The number of ether oxygens (including phenoxy) is 1. The minimum Gasteiger partial charge on any atom is -0.461 e. The summed E-state index contributed by atoms with van der Waals surface area (Å²) in [6.45, 7) is 3.23. The fourth-order valence-electron chi connectivity index (χ4n) is 2.24. The standard InChI is InChI=1S/C14H17NO2S2/c1-3-17-14(16)11-6-10-7-12(18-2)19-13(10)15(11)8-9-4-5-9/h6-7,9H,3-5,8H2,1-2H3. The molecule has 0 radical (unpaired) electrons. The summed E-state index contributed by atoms with van der Waals surface area (Å²) in [6, 6.07) is 4.14. The average molecular weight is 295 g/mol. The molecule has 0 aliphatic heterocycles. The van der Waals surface area contributed by atoms with Gasteiger partial charge in [-0.3, -0.25) is 0 Å². The Kier molecular flexibility index (Phi) is 3.58. The van der Waals surface area contributed by atoms with E-state index in [2.05, 4.69) is 16.9 Å². The minimum atomic E-state index is -0.197. The second kappa shape index (κ2) is 5.21. The van der Waals surface area contributed by atoms with Crippen LogP contribution in [0.15, 0.2) is 16.3 Å². The van der Waals surface area contributed by atoms with Gasteiger partial charge in [-0.25, -0.2) is 4.79 Å². The molecule has 0 spiro atoms. The van der Waals surface area contributed by atoms with Crippen LogP contribution in [0.3, 0.4) is 0 Å². The molecule has 1 aliphatic rings. The molecular weight excluding hydrogens is 278 g/mol. The Morgan fingerprint density at radius 3 is 2.95 bits per heavy atom. The molecule has 0 saturated heterocycles. The number of hydrogen-bond acceptors (Lipinski definition) is 4. The predicted molar refractivity (Wildman–Crippen MR) is 80.3 cm³/mol. The van der Waals surface area contributed by atoms with Gasteiger partial charge in [0.15, 0.2) is 0 Å². The summed E-state index contributed by atoms with van der Waals surface area (Å²) in [7, 11) is 0. The fraction of sp³-hybridized carbons (Fsp3) is 0.500. The van der Waals surface area contributed by atoms with Crippen LogP contribution in [0.5, 0.6) is 0 Å². The molecule has 2 aromatic rings. The van der Waals surface area contributed by atoms with Crippen LogP contribution in [-0.4, -0.2) is 23.4 Å². The first-order valence-electron chi connectivity index (χ1n) is 6.57.